The molecule has 0 amide bonds. The molecule has 2 atom stereocenters. The molecular formula is C13H23NO6S. The Bertz CT molecular complexity index is 471. The van der Waals surface area contributed by atoms with E-state index in [0.29, 0.717) is 32.6 Å². The molecule has 0 aromatic rings. The van der Waals surface area contributed by atoms with E-state index in [4.69, 9.17) is 9.47 Å². The van der Waals surface area contributed by atoms with Crippen molar-refractivity contribution in [3.8, 4) is 0 Å². The monoisotopic (exact) mass is 321 g/mol. The number of carbonyl (C=O) groups is 1. The number of esters is 1. The molecule has 1 heterocycles. The lowest BCUT2D eigenvalue weighted by Gasteiger charge is -2.40. The predicted octanol–water partition coefficient (Wildman–Crippen LogP) is -0.152. The van der Waals surface area contributed by atoms with Gasteiger partial charge in [-0.1, -0.05) is 6.92 Å². The van der Waals surface area contributed by atoms with E-state index in [1.807, 2.05) is 6.92 Å². The Balaban J connectivity index is 2.18. The Morgan fingerprint density at radius 1 is 1.38 bits per heavy atom. The van der Waals surface area contributed by atoms with Crippen LogP contribution in [0.2, 0.25) is 0 Å². The summed E-state index contributed by atoms with van der Waals surface area (Å²) in [6, 6.07) is -0.192. The van der Waals surface area contributed by atoms with Crippen LogP contribution in [0.1, 0.15) is 26.2 Å². The quantitative estimate of drug-likeness (QED) is 0.704. The van der Waals surface area contributed by atoms with Gasteiger partial charge in [-0.2, -0.15) is 0 Å². The van der Waals surface area contributed by atoms with Gasteiger partial charge in [-0.25, -0.2) is 8.42 Å². The zero-order valence-corrected chi connectivity index (χ0v) is 13.3. The van der Waals surface area contributed by atoms with Gasteiger partial charge in [0.2, 0.25) is 0 Å². The number of hydrogen-bond donors (Lipinski definition) is 1. The Labute approximate surface area is 125 Å². The lowest BCUT2D eigenvalue weighted by atomic mass is 9.89. The maximum absolute atomic E-state index is 12.5. The van der Waals surface area contributed by atoms with Gasteiger partial charge in [-0.05, 0) is 13.0 Å². The molecular weight excluding hydrogens is 298 g/mol. The van der Waals surface area contributed by atoms with Gasteiger partial charge in [0.05, 0.1) is 25.6 Å². The molecule has 0 bridgehead atoms. The summed E-state index contributed by atoms with van der Waals surface area (Å²) in [6.07, 6.45) is 1.55. The van der Waals surface area contributed by atoms with Crippen molar-refractivity contribution in [2.45, 2.75) is 43.3 Å². The third-order valence-corrected chi connectivity index (χ3v) is 6.14. The summed E-state index contributed by atoms with van der Waals surface area (Å²) < 4.78 is 40.8. The Kier molecular flexibility index (Phi) is 5.24. The van der Waals surface area contributed by atoms with E-state index < -0.39 is 32.6 Å². The fourth-order valence-electron chi connectivity index (χ4n) is 3.07. The Morgan fingerprint density at radius 2 is 2.05 bits per heavy atom. The third kappa shape index (κ3) is 3.74. The minimum atomic E-state index is -3.63. The van der Waals surface area contributed by atoms with Gasteiger partial charge < -0.3 is 19.5 Å². The number of nitrogens with one attached hydrogen (secondary N) is 1. The van der Waals surface area contributed by atoms with E-state index in [-0.39, 0.29) is 12.5 Å². The zero-order chi connectivity index (χ0) is 15.5. The van der Waals surface area contributed by atoms with Gasteiger partial charge in [0.15, 0.2) is 15.6 Å². The molecule has 7 nitrogen and oxygen atoms in total. The molecule has 2 unspecified atom stereocenters. The number of methoxy groups -OCH3 is 1. The van der Waals surface area contributed by atoms with Crippen LogP contribution in [0.25, 0.3) is 0 Å². The van der Waals surface area contributed by atoms with Crippen molar-refractivity contribution in [1.29, 1.82) is 0 Å². The van der Waals surface area contributed by atoms with Gasteiger partial charge in [-0.15, -0.1) is 0 Å². The van der Waals surface area contributed by atoms with Gasteiger partial charge in [0.1, 0.15) is 5.75 Å². The second kappa shape index (κ2) is 6.60. The first-order valence-corrected chi connectivity index (χ1v) is 8.94. The summed E-state index contributed by atoms with van der Waals surface area (Å²) in [5.74, 6) is -2.15. The molecule has 1 saturated heterocycles. The standard InChI is InChI=1S/C13H23NO6S/c1-3-14-10-4-5-13(19-6-7-20-13)8-11(10)21(16,17)9-12(15)18-2/h10-11,14H,3-9H2,1-2H3. The van der Waals surface area contributed by atoms with Gasteiger partial charge in [-0.3, -0.25) is 4.79 Å². The molecule has 1 N–H and O–H groups in total. The molecule has 2 rings (SSSR count). The summed E-state index contributed by atoms with van der Waals surface area (Å²) in [5, 5.41) is 2.49. The van der Waals surface area contributed by atoms with Crippen LogP contribution in [0.3, 0.4) is 0 Å². The molecule has 1 aliphatic heterocycles. The molecule has 8 heteroatoms. The zero-order valence-electron chi connectivity index (χ0n) is 12.5. The van der Waals surface area contributed by atoms with Crippen LogP contribution < -0.4 is 5.32 Å². The van der Waals surface area contributed by atoms with Gasteiger partial charge >= 0.3 is 5.97 Å². The summed E-state index contributed by atoms with van der Waals surface area (Å²) in [6.45, 7) is 3.56. The molecule has 2 fully saturated rings. The van der Waals surface area contributed by atoms with Crippen molar-refractivity contribution in [3.05, 3.63) is 0 Å². The van der Waals surface area contributed by atoms with Crippen LogP contribution >= 0.6 is 0 Å². The molecule has 0 radical (unpaired) electrons. The largest absolute Gasteiger partial charge is 0.468 e. The number of hydrogen-bond acceptors (Lipinski definition) is 7. The number of carbonyl (C=O) groups excluding carboxylic acids is 1. The van der Waals surface area contributed by atoms with Crippen molar-refractivity contribution in [1.82, 2.24) is 5.32 Å². The number of sulfone groups is 1. The first-order chi connectivity index (χ1) is 9.92. The molecule has 0 aromatic carbocycles. The lowest BCUT2D eigenvalue weighted by molar-refractivity contribution is -0.178. The van der Waals surface area contributed by atoms with Crippen molar-refractivity contribution < 1.29 is 27.4 Å². The van der Waals surface area contributed by atoms with Gasteiger partial charge in [0, 0.05) is 18.9 Å². The van der Waals surface area contributed by atoms with Crippen LogP contribution in [-0.2, 0) is 28.8 Å². The van der Waals surface area contributed by atoms with E-state index in [2.05, 4.69) is 10.1 Å². The minimum Gasteiger partial charge on any atom is -0.468 e. The topological polar surface area (TPSA) is 90.9 Å². The van der Waals surface area contributed by atoms with Crippen LogP contribution in [0.15, 0.2) is 0 Å². The molecule has 1 spiro atoms. The van der Waals surface area contributed by atoms with Crippen molar-refractivity contribution in [2.75, 3.05) is 32.6 Å². The average molecular weight is 321 g/mol. The molecule has 2 aliphatic rings. The molecule has 1 aliphatic carbocycles. The second-order valence-corrected chi connectivity index (χ2v) is 7.66. The second-order valence-electron chi connectivity index (χ2n) is 5.44. The van der Waals surface area contributed by atoms with E-state index in [1.54, 1.807) is 0 Å². The third-order valence-electron chi connectivity index (χ3n) is 4.09. The van der Waals surface area contributed by atoms with E-state index in [0.717, 1.165) is 0 Å². The van der Waals surface area contributed by atoms with Crippen LogP contribution in [0, 0.1) is 0 Å². The summed E-state index contributed by atoms with van der Waals surface area (Å²) >= 11 is 0. The maximum Gasteiger partial charge on any atom is 0.320 e. The number of rotatable bonds is 5. The predicted molar refractivity (Wildman–Crippen MR) is 75.5 cm³/mol. The summed E-state index contributed by atoms with van der Waals surface area (Å²) in [7, 11) is -2.44. The maximum atomic E-state index is 12.5. The van der Waals surface area contributed by atoms with Crippen LogP contribution in [-0.4, -0.2) is 64.1 Å². The SMILES string of the molecule is CCNC1CCC2(CC1S(=O)(=O)CC(=O)OC)OCCO2. The Hall–Kier alpha value is -0.700. The first-order valence-electron chi connectivity index (χ1n) is 7.22. The van der Waals surface area contributed by atoms with Crippen LogP contribution in [0.4, 0.5) is 0 Å². The summed E-state index contributed by atoms with van der Waals surface area (Å²) in [4.78, 5) is 11.4. The highest BCUT2D eigenvalue weighted by atomic mass is 32.2. The highest BCUT2D eigenvalue weighted by Gasteiger charge is 2.49. The van der Waals surface area contributed by atoms with E-state index in [1.165, 1.54) is 7.11 Å². The average Bonchev–Trinajstić information content (AvgIpc) is 2.89. The summed E-state index contributed by atoms with van der Waals surface area (Å²) in [5.41, 5.74) is 0. The van der Waals surface area contributed by atoms with Crippen molar-refractivity contribution in [3.63, 3.8) is 0 Å². The number of ether oxygens (including phenoxy) is 3. The molecule has 0 aromatic heterocycles. The lowest BCUT2D eigenvalue weighted by Crippen LogP contribution is -2.54. The van der Waals surface area contributed by atoms with Crippen molar-refractivity contribution >= 4 is 15.8 Å². The molecule has 122 valence electrons. The van der Waals surface area contributed by atoms with E-state index >= 15 is 0 Å². The van der Waals surface area contributed by atoms with E-state index in [9.17, 15) is 13.2 Å². The van der Waals surface area contributed by atoms with Crippen molar-refractivity contribution in [2.24, 2.45) is 0 Å². The fraction of sp³-hybridized carbons (Fsp3) is 0.923. The highest BCUT2D eigenvalue weighted by molar-refractivity contribution is 7.92. The fourth-order valence-corrected chi connectivity index (χ4v) is 4.98. The van der Waals surface area contributed by atoms with Crippen LogP contribution in [0.5, 0.6) is 0 Å². The Morgan fingerprint density at radius 3 is 2.62 bits per heavy atom. The molecule has 21 heavy (non-hydrogen) atoms. The first kappa shape index (κ1) is 16.7. The smallest absolute Gasteiger partial charge is 0.320 e. The van der Waals surface area contributed by atoms with Gasteiger partial charge in [0.25, 0.3) is 0 Å². The minimum absolute atomic E-state index is 0.192. The highest BCUT2D eigenvalue weighted by Crippen LogP contribution is 2.38. The molecule has 1 saturated carbocycles. The normalized spacial score (nSPS) is 28.7.